The molecule has 10 heavy (non-hydrogen) atoms. The maximum atomic E-state index is 9.95. The van der Waals surface area contributed by atoms with E-state index in [0.29, 0.717) is 4.48 Å². The highest BCUT2D eigenvalue weighted by Crippen LogP contribution is 1.95. The van der Waals surface area contributed by atoms with E-state index in [9.17, 15) is 9.90 Å². The number of nitrogens with zero attached hydrogens (tertiary/aromatic N) is 1. The van der Waals surface area contributed by atoms with Gasteiger partial charge in [0.15, 0.2) is 0 Å². The normalized spacial score (nSPS) is 12.3. The molecule has 58 valence electrons. The van der Waals surface area contributed by atoms with Gasteiger partial charge in [0.25, 0.3) is 0 Å². The van der Waals surface area contributed by atoms with Gasteiger partial charge in [-0.25, -0.2) is 0 Å². The second kappa shape index (κ2) is 3.37. The van der Waals surface area contributed by atoms with Crippen LogP contribution < -0.4 is 5.11 Å². The predicted octanol–water partition coefficient (Wildman–Crippen LogP) is -0.654. The summed E-state index contributed by atoms with van der Waals surface area (Å²) in [5, 5.41) is 9.95. The standard InChI is InChI=1S/C7H13NO2/c1-4-8(2,3)6-5-7(9)10/h5-6H,4H2,1-3H3. The molecule has 0 atom stereocenters. The van der Waals surface area contributed by atoms with E-state index in [1.807, 2.05) is 21.0 Å². The summed E-state index contributed by atoms with van der Waals surface area (Å²) in [6.07, 6.45) is 2.65. The van der Waals surface area contributed by atoms with E-state index in [1.54, 1.807) is 6.20 Å². The Morgan fingerprint density at radius 3 is 2.40 bits per heavy atom. The summed E-state index contributed by atoms with van der Waals surface area (Å²) in [6.45, 7) is 2.85. The third-order valence-electron chi connectivity index (χ3n) is 1.43. The molecule has 0 aliphatic heterocycles. The van der Waals surface area contributed by atoms with Crippen LogP contribution in [0.25, 0.3) is 0 Å². The molecular formula is C7H13NO2. The van der Waals surface area contributed by atoms with E-state index in [-0.39, 0.29) is 0 Å². The molecule has 0 aromatic rings. The minimum absolute atomic E-state index is 0.563. The van der Waals surface area contributed by atoms with Gasteiger partial charge in [0.1, 0.15) is 0 Å². The first-order valence-electron chi connectivity index (χ1n) is 3.21. The van der Waals surface area contributed by atoms with Crippen LogP contribution in [0, 0.1) is 0 Å². The summed E-state index contributed by atoms with van der Waals surface area (Å²) in [7, 11) is 3.83. The van der Waals surface area contributed by atoms with Crippen molar-refractivity contribution in [2.75, 3.05) is 20.6 Å². The Balaban J connectivity index is 3.99. The molecule has 0 heterocycles. The van der Waals surface area contributed by atoms with Crippen LogP contribution in [-0.4, -0.2) is 31.1 Å². The molecule has 0 aromatic carbocycles. The smallest absolute Gasteiger partial charge is 0.0972 e. The van der Waals surface area contributed by atoms with Crippen molar-refractivity contribution in [3.8, 4) is 0 Å². The minimum Gasteiger partial charge on any atom is -0.545 e. The zero-order valence-corrected chi connectivity index (χ0v) is 6.63. The summed E-state index contributed by atoms with van der Waals surface area (Å²) >= 11 is 0. The van der Waals surface area contributed by atoms with E-state index < -0.39 is 5.97 Å². The molecule has 0 aliphatic rings. The highest BCUT2D eigenvalue weighted by atomic mass is 16.4. The molecule has 0 saturated carbocycles. The lowest BCUT2D eigenvalue weighted by atomic mass is 10.5. The number of quaternary nitrogens is 1. The van der Waals surface area contributed by atoms with Crippen molar-refractivity contribution in [2.45, 2.75) is 6.92 Å². The molecule has 0 bridgehead atoms. The molecule has 0 aromatic heterocycles. The van der Waals surface area contributed by atoms with Crippen molar-refractivity contribution in [2.24, 2.45) is 0 Å². The van der Waals surface area contributed by atoms with Crippen molar-refractivity contribution < 1.29 is 14.4 Å². The monoisotopic (exact) mass is 143 g/mol. The molecule has 3 nitrogen and oxygen atoms in total. The average molecular weight is 143 g/mol. The fourth-order valence-electron chi connectivity index (χ4n) is 0.368. The van der Waals surface area contributed by atoms with Gasteiger partial charge in [-0.1, -0.05) is 0 Å². The Bertz CT molecular complexity index is 150. The van der Waals surface area contributed by atoms with E-state index in [0.717, 1.165) is 12.6 Å². The third-order valence-corrected chi connectivity index (χ3v) is 1.43. The van der Waals surface area contributed by atoms with E-state index in [4.69, 9.17) is 0 Å². The van der Waals surface area contributed by atoms with E-state index in [1.165, 1.54) is 0 Å². The molecular weight excluding hydrogens is 130 g/mol. The number of hydrogen-bond donors (Lipinski definition) is 0. The third kappa shape index (κ3) is 4.09. The van der Waals surface area contributed by atoms with Crippen molar-refractivity contribution in [3.63, 3.8) is 0 Å². The topological polar surface area (TPSA) is 40.1 Å². The largest absolute Gasteiger partial charge is 0.545 e. The van der Waals surface area contributed by atoms with Crippen LogP contribution in [0.2, 0.25) is 0 Å². The molecule has 0 spiro atoms. The van der Waals surface area contributed by atoms with Gasteiger partial charge in [-0.3, -0.25) is 0 Å². The molecule has 3 heteroatoms. The molecule has 0 amide bonds. The zero-order valence-electron chi connectivity index (χ0n) is 6.63. The molecule has 0 radical (unpaired) electrons. The van der Waals surface area contributed by atoms with Crippen molar-refractivity contribution in [1.29, 1.82) is 0 Å². The Morgan fingerprint density at radius 1 is 1.60 bits per heavy atom. The number of hydrogen-bond acceptors (Lipinski definition) is 2. The molecule has 0 rings (SSSR count). The lowest BCUT2D eigenvalue weighted by Crippen LogP contribution is -2.33. The average Bonchev–Trinajstić information content (AvgIpc) is 1.85. The minimum atomic E-state index is -1.14. The lowest BCUT2D eigenvalue weighted by molar-refractivity contribution is -0.836. The molecule has 0 unspecified atom stereocenters. The zero-order chi connectivity index (χ0) is 8.20. The lowest BCUT2D eigenvalue weighted by Gasteiger charge is -2.22. The van der Waals surface area contributed by atoms with Crippen LogP contribution in [0.4, 0.5) is 0 Å². The highest BCUT2D eigenvalue weighted by Gasteiger charge is 2.04. The van der Waals surface area contributed by atoms with Gasteiger partial charge < -0.3 is 14.4 Å². The SMILES string of the molecule is CC[N+](C)(C)C=CC(=O)[O-]. The highest BCUT2D eigenvalue weighted by molar-refractivity contribution is 5.77. The summed E-state index contributed by atoms with van der Waals surface area (Å²) in [4.78, 5) is 9.95. The molecule has 0 N–H and O–H groups in total. The van der Waals surface area contributed by atoms with Crippen LogP contribution in [0.1, 0.15) is 6.92 Å². The van der Waals surface area contributed by atoms with Crippen molar-refractivity contribution in [3.05, 3.63) is 12.3 Å². The van der Waals surface area contributed by atoms with E-state index in [2.05, 4.69) is 0 Å². The van der Waals surface area contributed by atoms with Gasteiger partial charge >= 0.3 is 0 Å². The quantitative estimate of drug-likeness (QED) is 0.389. The van der Waals surface area contributed by atoms with Crippen LogP contribution in [-0.2, 0) is 4.79 Å². The van der Waals surface area contributed by atoms with Crippen LogP contribution in [0.15, 0.2) is 12.3 Å². The molecule has 0 aliphatic carbocycles. The van der Waals surface area contributed by atoms with Crippen LogP contribution in [0.3, 0.4) is 0 Å². The number of rotatable bonds is 3. The number of carbonyl (C=O) groups is 1. The number of carboxylic acids is 1. The van der Waals surface area contributed by atoms with E-state index >= 15 is 0 Å². The number of carbonyl (C=O) groups excluding carboxylic acids is 1. The Morgan fingerprint density at radius 2 is 2.10 bits per heavy atom. The predicted molar refractivity (Wildman–Crippen MR) is 36.8 cm³/mol. The first-order valence-corrected chi connectivity index (χ1v) is 3.21. The maximum absolute atomic E-state index is 9.95. The molecule has 0 saturated heterocycles. The summed E-state index contributed by atoms with van der Waals surface area (Å²) in [6, 6.07) is 0. The van der Waals surface area contributed by atoms with Crippen LogP contribution >= 0.6 is 0 Å². The Labute approximate surface area is 61.2 Å². The first-order chi connectivity index (χ1) is 4.48. The van der Waals surface area contributed by atoms with Gasteiger partial charge in [0.05, 0.1) is 32.8 Å². The van der Waals surface area contributed by atoms with Crippen molar-refractivity contribution in [1.82, 2.24) is 0 Å². The molecule has 0 fully saturated rings. The summed E-state index contributed by atoms with van der Waals surface area (Å²) in [5.41, 5.74) is 0. The van der Waals surface area contributed by atoms with Gasteiger partial charge in [-0.15, -0.1) is 0 Å². The summed E-state index contributed by atoms with van der Waals surface area (Å²) in [5.74, 6) is -1.14. The summed E-state index contributed by atoms with van der Waals surface area (Å²) < 4.78 is 0.563. The Hall–Kier alpha value is -0.830. The van der Waals surface area contributed by atoms with Gasteiger partial charge in [0, 0.05) is 6.08 Å². The van der Waals surface area contributed by atoms with Crippen LogP contribution in [0.5, 0.6) is 0 Å². The maximum Gasteiger partial charge on any atom is 0.0972 e. The number of carboxylic acid groups (broad SMARTS) is 1. The number of aliphatic carboxylic acids is 1. The second-order valence-corrected chi connectivity index (χ2v) is 2.73. The first kappa shape index (κ1) is 9.17. The van der Waals surface area contributed by atoms with Gasteiger partial charge in [0.2, 0.25) is 0 Å². The fourth-order valence-corrected chi connectivity index (χ4v) is 0.368. The van der Waals surface area contributed by atoms with Gasteiger partial charge in [-0.05, 0) is 6.92 Å². The van der Waals surface area contributed by atoms with Gasteiger partial charge in [-0.2, -0.15) is 0 Å². The Kier molecular flexibility index (Phi) is 3.09. The second-order valence-electron chi connectivity index (χ2n) is 2.73. The fraction of sp³-hybridized carbons (Fsp3) is 0.571. The van der Waals surface area contributed by atoms with Crippen molar-refractivity contribution >= 4 is 5.97 Å².